The van der Waals surface area contributed by atoms with Crippen molar-refractivity contribution in [2.45, 2.75) is 26.6 Å². The lowest BCUT2D eigenvalue weighted by Crippen LogP contribution is -2.29. The van der Waals surface area contributed by atoms with Crippen LogP contribution in [0.15, 0.2) is 24.3 Å². The van der Waals surface area contributed by atoms with Gasteiger partial charge < -0.3 is 14.4 Å². The van der Waals surface area contributed by atoms with E-state index in [-0.39, 0.29) is 13.6 Å². The van der Waals surface area contributed by atoms with Crippen LogP contribution in [0.1, 0.15) is 26.3 Å². The summed E-state index contributed by atoms with van der Waals surface area (Å²) in [7, 11) is 0. The Hall–Kier alpha value is -1.14. The summed E-state index contributed by atoms with van der Waals surface area (Å²) in [5.74, 6) is -0.835. The average molecular weight is 267 g/mol. The van der Waals surface area contributed by atoms with Crippen molar-refractivity contribution in [2.24, 2.45) is 0 Å². The van der Waals surface area contributed by atoms with E-state index in [0.29, 0.717) is 0 Å². The van der Waals surface area contributed by atoms with E-state index >= 15 is 0 Å². The van der Waals surface area contributed by atoms with Crippen molar-refractivity contribution in [3.05, 3.63) is 29.8 Å². The van der Waals surface area contributed by atoms with Crippen molar-refractivity contribution in [1.29, 1.82) is 0 Å². The highest BCUT2D eigenvalue weighted by molar-refractivity contribution is 5.48. The zero-order valence-electron chi connectivity index (χ0n) is 11.7. The minimum Gasteiger partial charge on any atom is -0.372 e. The minimum atomic E-state index is -0.835. The Bertz CT molecular complexity index is 381. The number of benzene rings is 1. The molecule has 0 unspecified atom stereocenters. The first kappa shape index (κ1) is 14.3. The van der Waals surface area contributed by atoms with Crippen LogP contribution in [-0.2, 0) is 25.0 Å². The van der Waals surface area contributed by atoms with Crippen molar-refractivity contribution in [1.82, 2.24) is 0 Å². The summed E-state index contributed by atoms with van der Waals surface area (Å²) in [5.41, 5.74) is 2.14. The van der Waals surface area contributed by atoms with E-state index in [9.17, 15) is 0 Å². The molecular formula is C14H21NO4. The van der Waals surface area contributed by atoms with Gasteiger partial charge in [-0.3, -0.25) is 0 Å². The molecule has 0 radical (unpaired) electrons. The molecule has 1 heterocycles. The summed E-state index contributed by atoms with van der Waals surface area (Å²) in [4.78, 5) is 11.8. The number of anilines is 1. The third-order valence-corrected chi connectivity index (χ3v) is 3.37. The molecule has 1 aliphatic heterocycles. The first-order valence-electron chi connectivity index (χ1n) is 6.57. The summed E-state index contributed by atoms with van der Waals surface area (Å²) < 4.78 is 11.1. The molecule has 1 fully saturated rings. The molecule has 0 atom stereocenters. The molecule has 1 saturated heterocycles. The lowest BCUT2D eigenvalue weighted by Gasteiger charge is -2.28. The van der Waals surface area contributed by atoms with Crippen molar-refractivity contribution >= 4 is 5.69 Å². The lowest BCUT2D eigenvalue weighted by atomic mass is 10.1. The molecule has 1 aromatic rings. The molecule has 1 aliphatic rings. The number of ether oxygens (including phenoxy) is 2. The largest absolute Gasteiger partial charge is 0.372 e. The quantitative estimate of drug-likeness (QED) is 0.784. The topological polar surface area (TPSA) is 40.2 Å². The lowest BCUT2D eigenvalue weighted by molar-refractivity contribution is -0.334. The molecule has 1 aromatic carbocycles. The van der Waals surface area contributed by atoms with Crippen LogP contribution < -0.4 is 4.90 Å². The number of hydrogen-bond donors (Lipinski definition) is 0. The predicted molar refractivity (Wildman–Crippen MR) is 71.4 cm³/mol. The molecular weight excluding hydrogens is 246 g/mol. The predicted octanol–water partition coefficient (Wildman–Crippen LogP) is 2.62. The van der Waals surface area contributed by atoms with E-state index < -0.39 is 5.79 Å². The molecule has 106 valence electrons. The van der Waals surface area contributed by atoms with Crippen LogP contribution in [0.2, 0.25) is 0 Å². The monoisotopic (exact) mass is 267 g/mol. The number of nitrogens with zero attached hydrogens (tertiary/aromatic N) is 1. The maximum atomic E-state index is 5.55. The Morgan fingerprint density at radius 2 is 1.53 bits per heavy atom. The normalized spacial score (nSPS) is 18.9. The molecule has 5 heteroatoms. The summed E-state index contributed by atoms with van der Waals surface area (Å²) in [6.45, 7) is 8.22. The highest BCUT2D eigenvalue weighted by Gasteiger charge is 2.31. The van der Waals surface area contributed by atoms with Gasteiger partial charge in [-0.2, -0.15) is 0 Å². The summed E-state index contributed by atoms with van der Waals surface area (Å²) in [5, 5.41) is 0. The van der Waals surface area contributed by atoms with Crippen LogP contribution in [0.5, 0.6) is 0 Å². The standard InChI is InChI=1S/C14H21NO4/c1-4-15(5-2)13-8-6-12(7-9-13)14(3)16-10-18-19-11-17-14/h6-9H,4-5,10-11H2,1-3H3. The van der Waals surface area contributed by atoms with E-state index in [1.807, 2.05) is 19.1 Å². The van der Waals surface area contributed by atoms with Gasteiger partial charge in [-0.15, -0.1) is 0 Å². The second-order valence-corrected chi connectivity index (χ2v) is 4.42. The van der Waals surface area contributed by atoms with Crippen molar-refractivity contribution in [3.8, 4) is 0 Å². The van der Waals surface area contributed by atoms with Crippen molar-refractivity contribution in [2.75, 3.05) is 31.6 Å². The zero-order valence-corrected chi connectivity index (χ0v) is 11.7. The smallest absolute Gasteiger partial charge is 0.197 e. The van der Waals surface area contributed by atoms with E-state index in [1.54, 1.807) is 0 Å². The Balaban J connectivity index is 2.16. The van der Waals surface area contributed by atoms with E-state index in [1.165, 1.54) is 5.69 Å². The van der Waals surface area contributed by atoms with Gasteiger partial charge in [-0.05, 0) is 32.9 Å². The van der Waals surface area contributed by atoms with Crippen LogP contribution in [-0.4, -0.2) is 26.7 Å². The maximum absolute atomic E-state index is 5.55. The number of rotatable bonds is 4. The van der Waals surface area contributed by atoms with Gasteiger partial charge in [0.25, 0.3) is 0 Å². The Labute approximate surface area is 113 Å². The molecule has 0 aliphatic carbocycles. The second-order valence-electron chi connectivity index (χ2n) is 4.42. The molecule has 5 nitrogen and oxygen atoms in total. The third-order valence-electron chi connectivity index (χ3n) is 3.37. The highest BCUT2D eigenvalue weighted by atomic mass is 17.2. The van der Waals surface area contributed by atoms with Crippen molar-refractivity contribution < 1.29 is 19.2 Å². The molecule has 0 spiro atoms. The fraction of sp³-hybridized carbons (Fsp3) is 0.571. The Morgan fingerprint density at radius 1 is 1.00 bits per heavy atom. The van der Waals surface area contributed by atoms with E-state index in [0.717, 1.165) is 18.7 Å². The van der Waals surface area contributed by atoms with Crippen LogP contribution in [0, 0.1) is 0 Å². The van der Waals surface area contributed by atoms with Crippen molar-refractivity contribution in [3.63, 3.8) is 0 Å². The van der Waals surface area contributed by atoms with Gasteiger partial charge in [0.2, 0.25) is 0 Å². The average Bonchev–Trinajstić information content (AvgIpc) is 2.67. The van der Waals surface area contributed by atoms with Crippen LogP contribution in [0.3, 0.4) is 0 Å². The molecule has 0 bridgehead atoms. The first-order valence-corrected chi connectivity index (χ1v) is 6.57. The fourth-order valence-corrected chi connectivity index (χ4v) is 2.11. The zero-order chi connectivity index (χ0) is 13.7. The Morgan fingerprint density at radius 3 is 2.00 bits per heavy atom. The summed E-state index contributed by atoms with van der Waals surface area (Å²) >= 11 is 0. The highest BCUT2D eigenvalue weighted by Crippen LogP contribution is 2.30. The van der Waals surface area contributed by atoms with Gasteiger partial charge in [0.1, 0.15) is 0 Å². The maximum Gasteiger partial charge on any atom is 0.197 e. The van der Waals surface area contributed by atoms with Crippen LogP contribution >= 0.6 is 0 Å². The molecule has 0 N–H and O–H groups in total. The second kappa shape index (κ2) is 6.34. The number of hydrogen-bond acceptors (Lipinski definition) is 5. The van der Waals surface area contributed by atoms with Crippen LogP contribution in [0.4, 0.5) is 5.69 Å². The first-order chi connectivity index (χ1) is 9.19. The summed E-state index contributed by atoms with van der Waals surface area (Å²) in [6.07, 6.45) is 0. The van der Waals surface area contributed by atoms with Gasteiger partial charge in [0.15, 0.2) is 19.4 Å². The minimum absolute atomic E-state index is 0.0499. The molecule has 19 heavy (non-hydrogen) atoms. The van der Waals surface area contributed by atoms with Crippen LogP contribution in [0.25, 0.3) is 0 Å². The third kappa shape index (κ3) is 3.25. The van der Waals surface area contributed by atoms with Gasteiger partial charge in [-0.1, -0.05) is 12.1 Å². The molecule has 2 rings (SSSR count). The molecule has 0 amide bonds. The summed E-state index contributed by atoms with van der Waals surface area (Å²) in [6, 6.07) is 8.18. The van der Waals surface area contributed by atoms with E-state index in [4.69, 9.17) is 19.2 Å². The van der Waals surface area contributed by atoms with Gasteiger partial charge in [0, 0.05) is 24.3 Å². The van der Waals surface area contributed by atoms with Gasteiger partial charge in [-0.25, -0.2) is 9.78 Å². The Kier molecular flexibility index (Phi) is 4.76. The SMILES string of the molecule is CCN(CC)c1ccc(C2(C)OCOOCO2)cc1. The molecule has 0 aromatic heterocycles. The van der Waals surface area contributed by atoms with Gasteiger partial charge in [0.05, 0.1) is 0 Å². The fourth-order valence-electron chi connectivity index (χ4n) is 2.11. The molecule has 0 saturated carbocycles. The van der Waals surface area contributed by atoms with Gasteiger partial charge >= 0.3 is 0 Å². The van der Waals surface area contributed by atoms with E-state index in [2.05, 4.69) is 30.9 Å².